The SMILES string of the molecule is CC1(C)C[C@H]2CC[C@@H](O)[C@@H]2[C@H](CCO)N1. The molecule has 1 aliphatic carbocycles. The van der Waals surface area contributed by atoms with E-state index in [1.165, 1.54) is 0 Å². The van der Waals surface area contributed by atoms with E-state index in [1.807, 2.05) is 0 Å². The van der Waals surface area contributed by atoms with Crippen LogP contribution in [0.2, 0.25) is 0 Å². The number of fused-ring (bicyclic) bond motifs is 1. The van der Waals surface area contributed by atoms with Crippen LogP contribution in [0.1, 0.15) is 39.5 Å². The van der Waals surface area contributed by atoms with Crippen molar-refractivity contribution in [2.45, 2.75) is 57.2 Å². The first-order chi connectivity index (χ1) is 7.03. The molecule has 88 valence electrons. The number of aliphatic hydroxyl groups is 2. The molecule has 3 N–H and O–H groups in total. The maximum atomic E-state index is 9.97. The summed E-state index contributed by atoms with van der Waals surface area (Å²) in [6.07, 6.45) is 3.85. The quantitative estimate of drug-likeness (QED) is 0.639. The lowest BCUT2D eigenvalue weighted by Gasteiger charge is -2.45. The van der Waals surface area contributed by atoms with Crippen LogP contribution in [0.4, 0.5) is 0 Å². The molecule has 0 unspecified atom stereocenters. The summed E-state index contributed by atoms with van der Waals surface area (Å²) in [6.45, 7) is 4.65. The first-order valence-corrected chi connectivity index (χ1v) is 6.10. The molecule has 2 rings (SSSR count). The van der Waals surface area contributed by atoms with Gasteiger partial charge in [-0.1, -0.05) is 0 Å². The zero-order chi connectivity index (χ0) is 11.1. The highest BCUT2D eigenvalue weighted by molar-refractivity contribution is 5.02. The molecule has 1 aliphatic heterocycles. The van der Waals surface area contributed by atoms with E-state index in [0.717, 1.165) is 25.7 Å². The Kier molecular flexibility index (Phi) is 3.06. The highest BCUT2D eigenvalue weighted by Gasteiger charge is 2.46. The van der Waals surface area contributed by atoms with Gasteiger partial charge in [0.2, 0.25) is 0 Å². The van der Waals surface area contributed by atoms with Gasteiger partial charge in [0.15, 0.2) is 0 Å². The molecular formula is C12H23NO2. The molecule has 15 heavy (non-hydrogen) atoms. The van der Waals surface area contributed by atoms with Crippen molar-refractivity contribution >= 4 is 0 Å². The predicted octanol–water partition coefficient (Wildman–Crippen LogP) is 0.896. The van der Waals surface area contributed by atoms with Crippen molar-refractivity contribution in [2.24, 2.45) is 11.8 Å². The molecule has 1 heterocycles. The van der Waals surface area contributed by atoms with Crippen LogP contribution in [0, 0.1) is 11.8 Å². The fourth-order valence-electron chi connectivity index (χ4n) is 3.63. The lowest BCUT2D eigenvalue weighted by Crippen LogP contribution is -2.57. The van der Waals surface area contributed by atoms with E-state index < -0.39 is 0 Å². The van der Waals surface area contributed by atoms with Gasteiger partial charge in [0.05, 0.1) is 6.10 Å². The lowest BCUT2D eigenvalue weighted by atomic mass is 9.74. The summed E-state index contributed by atoms with van der Waals surface area (Å²) in [6, 6.07) is 0.293. The second-order valence-electron chi connectivity index (χ2n) is 5.83. The summed E-state index contributed by atoms with van der Waals surface area (Å²) in [5.74, 6) is 1.01. The third-order valence-electron chi connectivity index (χ3n) is 4.08. The van der Waals surface area contributed by atoms with E-state index in [9.17, 15) is 5.11 Å². The van der Waals surface area contributed by atoms with Crippen molar-refractivity contribution in [3.8, 4) is 0 Å². The summed E-state index contributed by atoms with van der Waals surface area (Å²) in [5, 5.41) is 22.6. The van der Waals surface area contributed by atoms with Crippen molar-refractivity contribution in [1.82, 2.24) is 5.32 Å². The fourth-order valence-corrected chi connectivity index (χ4v) is 3.63. The minimum Gasteiger partial charge on any atom is -0.396 e. The molecule has 4 atom stereocenters. The lowest BCUT2D eigenvalue weighted by molar-refractivity contribution is 0.0344. The van der Waals surface area contributed by atoms with Crippen LogP contribution in [-0.2, 0) is 0 Å². The predicted molar refractivity (Wildman–Crippen MR) is 59.5 cm³/mol. The molecule has 2 aliphatic rings. The van der Waals surface area contributed by atoms with Crippen LogP contribution in [-0.4, -0.2) is 34.5 Å². The number of hydrogen-bond donors (Lipinski definition) is 3. The molecule has 0 aromatic carbocycles. The van der Waals surface area contributed by atoms with Gasteiger partial charge in [0, 0.05) is 24.1 Å². The Labute approximate surface area is 91.9 Å². The largest absolute Gasteiger partial charge is 0.396 e. The van der Waals surface area contributed by atoms with Gasteiger partial charge in [-0.2, -0.15) is 0 Å². The minimum atomic E-state index is -0.157. The first-order valence-electron chi connectivity index (χ1n) is 6.10. The van der Waals surface area contributed by atoms with Gasteiger partial charge in [-0.15, -0.1) is 0 Å². The average molecular weight is 213 g/mol. The van der Waals surface area contributed by atoms with Gasteiger partial charge in [0.1, 0.15) is 0 Å². The highest BCUT2D eigenvalue weighted by Crippen LogP contribution is 2.43. The smallest absolute Gasteiger partial charge is 0.0586 e. The van der Waals surface area contributed by atoms with E-state index in [-0.39, 0.29) is 18.2 Å². The maximum Gasteiger partial charge on any atom is 0.0586 e. The third-order valence-corrected chi connectivity index (χ3v) is 4.08. The summed E-state index contributed by atoms with van der Waals surface area (Å²) in [4.78, 5) is 0. The van der Waals surface area contributed by atoms with E-state index in [0.29, 0.717) is 17.9 Å². The van der Waals surface area contributed by atoms with E-state index in [1.54, 1.807) is 0 Å². The number of aliphatic hydroxyl groups excluding tert-OH is 2. The molecule has 0 bridgehead atoms. The van der Waals surface area contributed by atoms with Crippen LogP contribution >= 0.6 is 0 Å². The fraction of sp³-hybridized carbons (Fsp3) is 1.00. The molecule has 3 nitrogen and oxygen atoms in total. The monoisotopic (exact) mass is 213 g/mol. The van der Waals surface area contributed by atoms with Crippen LogP contribution in [0.15, 0.2) is 0 Å². The molecular weight excluding hydrogens is 190 g/mol. The van der Waals surface area contributed by atoms with E-state index in [4.69, 9.17) is 5.11 Å². The normalized spacial score (nSPS) is 44.0. The van der Waals surface area contributed by atoms with Gasteiger partial charge in [-0.25, -0.2) is 0 Å². The zero-order valence-electron chi connectivity index (χ0n) is 9.74. The van der Waals surface area contributed by atoms with Crippen LogP contribution < -0.4 is 5.32 Å². The maximum absolute atomic E-state index is 9.97. The third kappa shape index (κ3) is 2.19. The molecule has 1 saturated carbocycles. The average Bonchev–Trinajstić information content (AvgIpc) is 2.46. The zero-order valence-corrected chi connectivity index (χ0v) is 9.74. The molecule has 1 saturated heterocycles. The van der Waals surface area contributed by atoms with Crippen LogP contribution in [0.25, 0.3) is 0 Å². The Hall–Kier alpha value is -0.120. The number of nitrogens with one attached hydrogen (secondary N) is 1. The standard InChI is InChI=1S/C12H23NO2/c1-12(2)7-8-3-4-10(15)11(8)9(13-12)5-6-14/h8-11,13-15H,3-7H2,1-2H3/t8-,9+,10-,11+/m1/s1. The van der Waals surface area contributed by atoms with Gasteiger partial charge < -0.3 is 15.5 Å². The Morgan fingerprint density at radius 2 is 2.07 bits per heavy atom. The number of rotatable bonds is 2. The van der Waals surface area contributed by atoms with Crippen molar-refractivity contribution in [1.29, 1.82) is 0 Å². The Morgan fingerprint density at radius 3 is 2.73 bits per heavy atom. The highest BCUT2D eigenvalue weighted by atomic mass is 16.3. The summed E-state index contributed by atoms with van der Waals surface area (Å²) >= 11 is 0. The van der Waals surface area contributed by atoms with E-state index >= 15 is 0 Å². The van der Waals surface area contributed by atoms with Crippen LogP contribution in [0.3, 0.4) is 0 Å². The molecule has 0 radical (unpaired) electrons. The molecule has 0 spiro atoms. The van der Waals surface area contributed by atoms with Crippen molar-refractivity contribution in [3.05, 3.63) is 0 Å². The number of piperidine rings is 1. The topological polar surface area (TPSA) is 52.5 Å². The first kappa shape index (κ1) is 11.4. The molecule has 0 aromatic rings. The van der Waals surface area contributed by atoms with Crippen molar-refractivity contribution in [3.63, 3.8) is 0 Å². The van der Waals surface area contributed by atoms with E-state index in [2.05, 4.69) is 19.2 Å². The van der Waals surface area contributed by atoms with Gasteiger partial charge in [0.25, 0.3) is 0 Å². The Bertz CT molecular complexity index is 230. The Morgan fingerprint density at radius 1 is 1.33 bits per heavy atom. The molecule has 0 amide bonds. The molecule has 0 aromatic heterocycles. The second-order valence-corrected chi connectivity index (χ2v) is 5.83. The summed E-state index contributed by atoms with van der Waals surface area (Å²) in [5.41, 5.74) is 0.158. The summed E-state index contributed by atoms with van der Waals surface area (Å²) in [7, 11) is 0. The van der Waals surface area contributed by atoms with Crippen LogP contribution in [0.5, 0.6) is 0 Å². The van der Waals surface area contributed by atoms with Gasteiger partial charge in [-0.05, 0) is 45.4 Å². The molecule has 2 fully saturated rings. The second kappa shape index (κ2) is 4.04. The molecule has 3 heteroatoms. The number of hydrogen-bond acceptors (Lipinski definition) is 3. The minimum absolute atomic E-state index is 0.157. The van der Waals surface area contributed by atoms with Crippen molar-refractivity contribution < 1.29 is 10.2 Å². The summed E-state index contributed by atoms with van der Waals surface area (Å²) < 4.78 is 0. The Balaban J connectivity index is 2.12. The van der Waals surface area contributed by atoms with Gasteiger partial charge >= 0.3 is 0 Å². The van der Waals surface area contributed by atoms with Gasteiger partial charge in [-0.3, -0.25) is 0 Å². The van der Waals surface area contributed by atoms with Crippen molar-refractivity contribution in [2.75, 3.05) is 6.61 Å².